The van der Waals surface area contributed by atoms with Gasteiger partial charge < -0.3 is 20.9 Å². The number of halogens is 1. The number of hydrogen-bond acceptors (Lipinski definition) is 6. The van der Waals surface area contributed by atoms with Crippen LogP contribution in [0, 0.1) is 0 Å². The summed E-state index contributed by atoms with van der Waals surface area (Å²) in [6.07, 6.45) is -0.870. The van der Waals surface area contributed by atoms with Crippen LogP contribution in [0.2, 0.25) is 5.02 Å². The fourth-order valence-electron chi connectivity index (χ4n) is 2.04. The molecular formula is C15H17ClN2O6. The summed E-state index contributed by atoms with van der Waals surface area (Å²) in [5, 5.41) is 11.7. The molecular weight excluding hydrogens is 340 g/mol. The predicted molar refractivity (Wildman–Crippen MR) is 85.6 cm³/mol. The first-order valence-corrected chi connectivity index (χ1v) is 7.29. The maximum atomic E-state index is 12.5. The van der Waals surface area contributed by atoms with Crippen molar-refractivity contribution in [1.29, 1.82) is 0 Å². The van der Waals surface area contributed by atoms with E-state index >= 15 is 0 Å². The Hall–Kier alpha value is -2.61. The first-order chi connectivity index (χ1) is 11.1. The minimum atomic E-state index is -2.55. The summed E-state index contributed by atoms with van der Waals surface area (Å²) in [4.78, 5) is 47.6. The van der Waals surface area contributed by atoms with E-state index in [1.807, 2.05) is 5.32 Å². The van der Waals surface area contributed by atoms with E-state index in [0.717, 1.165) is 6.92 Å². The molecule has 0 saturated carbocycles. The van der Waals surface area contributed by atoms with Gasteiger partial charge >= 0.3 is 11.9 Å². The van der Waals surface area contributed by atoms with E-state index in [4.69, 9.17) is 22.1 Å². The number of aliphatic carboxylic acids is 1. The molecule has 1 unspecified atom stereocenters. The zero-order valence-corrected chi connectivity index (χ0v) is 13.8. The van der Waals surface area contributed by atoms with Gasteiger partial charge in [-0.05, 0) is 25.1 Å². The first kappa shape index (κ1) is 19.4. The van der Waals surface area contributed by atoms with Crippen LogP contribution in [0.5, 0.6) is 0 Å². The molecule has 1 atom stereocenters. The predicted octanol–water partition coefficient (Wildman–Crippen LogP) is 1.02. The fraction of sp³-hybridized carbons (Fsp3) is 0.333. The highest BCUT2D eigenvalue weighted by Gasteiger charge is 2.50. The largest absolute Gasteiger partial charge is 0.479 e. The van der Waals surface area contributed by atoms with Gasteiger partial charge in [0.2, 0.25) is 11.4 Å². The van der Waals surface area contributed by atoms with Gasteiger partial charge in [0.05, 0.1) is 13.0 Å². The zero-order valence-electron chi connectivity index (χ0n) is 13.1. The quantitative estimate of drug-likeness (QED) is 0.287. The minimum absolute atomic E-state index is 0.0530. The van der Waals surface area contributed by atoms with Crippen molar-refractivity contribution in [2.45, 2.75) is 25.8 Å². The number of carboxylic acids is 1. The average Bonchev–Trinajstić information content (AvgIpc) is 2.48. The van der Waals surface area contributed by atoms with Crippen molar-refractivity contribution in [3.8, 4) is 0 Å². The Morgan fingerprint density at radius 1 is 1.33 bits per heavy atom. The van der Waals surface area contributed by atoms with Crippen LogP contribution in [0.4, 0.5) is 5.69 Å². The summed E-state index contributed by atoms with van der Waals surface area (Å²) >= 11 is 5.81. The van der Waals surface area contributed by atoms with Crippen LogP contribution < -0.4 is 11.1 Å². The third-order valence-electron chi connectivity index (χ3n) is 3.12. The molecule has 130 valence electrons. The summed E-state index contributed by atoms with van der Waals surface area (Å²) in [6.45, 7) is 2.37. The molecule has 1 amide bonds. The van der Waals surface area contributed by atoms with Crippen molar-refractivity contribution >= 4 is 40.9 Å². The van der Waals surface area contributed by atoms with Gasteiger partial charge in [0.1, 0.15) is 0 Å². The molecule has 24 heavy (non-hydrogen) atoms. The van der Waals surface area contributed by atoms with Crippen molar-refractivity contribution in [3.05, 3.63) is 28.8 Å². The Morgan fingerprint density at radius 3 is 2.46 bits per heavy atom. The summed E-state index contributed by atoms with van der Waals surface area (Å²) < 4.78 is 4.72. The summed E-state index contributed by atoms with van der Waals surface area (Å²) in [6, 6.07) is 4.09. The van der Waals surface area contributed by atoms with Crippen LogP contribution in [0.3, 0.4) is 0 Å². The number of ketones is 1. The molecule has 0 saturated heterocycles. The second-order valence-corrected chi connectivity index (χ2v) is 5.38. The van der Waals surface area contributed by atoms with E-state index in [1.165, 1.54) is 25.1 Å². The lowest BCUT2D eigenvalue weighted by Crippen LogP contribution is -2.61. The van der Waals surface area contributed by atoms with Crippen molar-refractivity contribution in [1.82, 2.24) is 5.32 Å². The highest BCUT2D eigenvalue weighted by atomic mass is 35.5. The molecule has 0 aliphatic carbocycles. The molecule has 0 radical (unpaired) electrons. The van der Waals surface area contributed by atoms with E-state index in [1.54, 1.807) is 0 Å². The topological polar surface area (TPSA) is 136 Å². The highest BCUT2D eigenvalue weighted by Crippen LogP contribution is 2.24. The number of rotatable bonds is 7. The highest BCUT2D eigenvalue weighted by molar-refractivity contribution is 6.31. The van der Waals surface area contributed by atoms with Crippen LogP contribution in [0.25, 0.3) is 0 Å². The average molecular weight is 357 g/mol. The number of amides is 1. The van der Waals surface area contributed by atoms with Gasteiger partial charge in [-0.15, -0.1) is 0 Å². The number of carbonyl (C=O) groups is 4. The SMILES string of the molecule is CCOC(=O)C(CC(=O)c1cc(Cl)ccc1N)(NC(C)=O)C(=O)O. The lowest BCUT2D eigenvalue weighted by Gasteiger charge is -2.27. The molecule has 4 N–H and O–H groups in total. The third-order valence-corrected chi connectivity index (χ3v) is 3.35. The molecule has 1 aromatic carbocycles. The Bertz CT molecular complexity index is 691. The molecule has 8 nitrogen and oxygen atoms in total. The Labute approximate surface area is 142 Å². The monoisotopic (exact) mass is 356 g/mol. The molecule has 0 aliphatic rings. The number of carbonyl (C=O) groups excluding carboxylic acids is 3. The normalized spacial score (nSPS) is 12.8. The lowest BCUT2D eigenvalue weighted by molar-refractivity contribution is -0.164. The van der Waals surface area contributed by atoms with E-state index in [2.05, 4.69) is 0 Å². The number of nitrogens with one attached hydrogen (secondary N) is 1. The molecule has 9 heteroatoms. The number of carboxylic acid groups (broad SMARTS) is 1. The zero-order chi connectivity index (χ0) is 18.5. The smallest absolute Gasteiger partial charge is 0.344 e. The summed E-state index contributed by atoms with van der Waals surface area (Å²) in [7, 11) is 0. The molecule has 0 aliphatic heterocycles. The van der Waals surface area contributed by atoms with E-state index < -0.39 is 35.6 Å². The van der Waals surface area contributed by atoms with Crippen molar-refractivity contribution in [3.63, 3.8) is 0 Å². The molecule has 1 aromatic rings. The first-order valence-electron chi connectivity index (χ1n) is 6.91. The fourth-order valence-corrected chi connectivity index (χ4v) is 2.22. The van der Waals surface area contributed by atoms with Gasteiger partial charge in [0.15, 0.2) is 5.78 Å². The van der Waals surface area contributed by atoms with Crippen LogP contribution in [-0.4, -0.2) is 40.9 Å². The van der Waals surface area contributed by atoms with E-state index in [-0.39, 0.29) is 22.9 Å². The van der Waals surface area contributed by atoms with Crippen LogP contribution >= 0.6 is 11.6 Å². The molecule has 0 aromatic heterocycles. The summed E-state index contributed by atoms with van der Waals surface area (Å²) in [5.41, 5.74) is 3.16. The molecule has 1 rings (SSSR count). The van der Waals surface area contributed by atoms with E-state index in [0.29, 0.717) is 0 Å². The van der Waals surface area contributed by atoms with Crippen molar-refractivity contribution < 1.29 is 29.0 Å². The number of esters is 1. The minimum Gasteiger partial charge on any atom is -0.479 e. The second-order valence-electron chi connectivity index (χ2n) is 4.94. The number of anilines is 1. The number of benzene rings is 1. The molecule has 0 heterocycles. The standard InChI is InChI=1S/C15H17ClN2O6/c1-3-24-14(23)15(13(21)22,18-8(2)19)7-12(20)10-6-9(16)4-5-11(10)17/h4-6H,3,7,17H2,1-2H3,(H,18,19)(H,21,22). The number of nitrogen functional groups attached to an aromatic ring is 1. The Balaban J connectivity index is 3.31. The van der Waals surface area contributed by atoms with Gasteiger partial charge in [0, 0.05) is 23.2 Å². The molecule has 0 spiro atoms. The van der Waals surface area contributed by atoms with Crippen molar-refractivity contribution in [2.24, 2.45) is 0 Å². The molecule has 0 bridgehead atoms. The van der Waals surface area contributed by atoms with Crippen LogP contribution in [0.1, 0.15) is 30.6 Å². The second kappa shape index (κ2) is 7.78. The Morgan fingerprint density at radius 2 is 1.96 bits per heavy atom. The van der Waals surface area contributed by atoms with Crippen molar-refractivity contribution in [2.75, 3.05) is 12.3 Å². The van der Waals surface area contributed by atoms with Gasteiger partial charge in [-0.1, -0.05) is 11.6 Å². The van der Waals surface area contributed by atoms with Crippen LogP contribution in [-0.2, 0) is 19.1 Å². The lowest BCUT2D eigenvalue weighted by atomic mass is 9.89. The van der Waals surface area contributed by atoms with E-state index in [9.17, 15) is 24.3 Å². The van der Waals surface area contributed by atoms with Gasteiger partial charge in [-0.2, -0.15) is 0 Å². The number of ether oxygens (including phenoxy) is 1. The summed E-state index contributed by atoms with van der Waals surface area (Å²) in [5.74, 6) is -4.55. The number of hydrogen-bond donors (Lipinski definition) is 3. The maximum absolute atomic E-state index is 12.5. The maximum Gasteiger partial charge on any atom is 0.344 e. The molecule has 0 fully saturated rings. The number of nitrogens with two attached hydrogens (primary N) is 1. The van der Waals surface area contributed by atoms with Gasteiger partial charge in [-0.25, -0.2) is 9.59 Å². The third kappa shape index (κ3) is 4.23. The Kier molecular flexibility index (Phi) is 6.30. The number of Topliss-reactive ketones (excluding diaryl/α,β-unsaturated/α-hetero) is 1. The van der Waals surface area contributed by atoms with Gasteiger partial charge in [0.25, 0.3) is 0 Å². The van der Waals surface area contributed by atoms with Gasteiger partial charge in [-0.3, -0.25) is 9.59 Å². The van der Waals surface area contributed by atoms with Crippen LogP contribution in [0.15, 0.2) is 18.2 Å².